The first kappa shape index (κ1) is 26.3. The van der Waals surface area contributed by atoms with E-state index >= 15 is 0 Å². The van der Waals surface area contributed by atoms with E-state index in [0.717, 1.165) is 32.4 Å². The number of allylic oxidation sites excluding steroid dienone is 4. The number of nitrogens with one attached hydrogen (secondary N) is 3. The molecule has 0 spiro atoms. The van der Waals surface area contributed by atoms with E-state index in [2.05, 4.69) is 92.8 Å². The first-order chi connectivity index (χ1) is 15.8. The molecule has 3 N–H and O–H groups in total. The van der Waals surface area contributed by atoms with Gasteiger partial charge in [0, 0.05) is 16.6 Å². The van der Waals surface area contributed by atoms with Crippen LogP contribution in [0, 0.1) is 23.8 Å². The Bertz CT molecular complexity index is 1040. The fourth-order valence-corrected chi connectivity index (χ4v) is 4.75. The van der Waals surface area contributed by atoms with Crippen molar-refractivity contribution in [2.24, 2.45) is 5.11 Å². The molecule has 1 saturated heterocycles. The van der Waals surface area contributed by atoms with Crippen LogP contribution in [-0.2, 0) is 0 Å². The number of terminal acetylenes is 1. The molecule has 5 nitrogen and oxygen atoms in total. The summed E-state index contributed by atoms with van der Waals surface area (Å²) in [5, 5.41) is 12.2. The fourth-order valence-electron chi connectivity index (χ4n) is 4.75. The molecule has 5 heteroatoms. The van der Waals surface area contributed by atoms with E-state index in [1.54, 1.807) is 0 Å². The lowest BCUT2D eigenvalue weighted by Gasteiger charge is -2.31. The zero-order chi connectivity index (χ0) is 24.5. The molecule has 0 radical (unpaired) electrons. The highest BCUT2D eigenvalue weighted by Gasteiger charge is 2.23. The molecule has 0 unspecified atom stereocenters. The van der Waals surface area contributed by atoms with Gasteiger partial charge in [0.2, 0.25) is 0 Å². The molecule has 0 aliphatic carbocycles. The maximum Gasteiger partial charge on any atom is 0.156 e. The van der Waals surface area contributed by atoms with Gasteiger partial charge in [0.05, 0.1) is 6.54 Å². The van der Waals surface area contributed by atoms with E-state index < -0.39 is 0 Å². The number of hydrogen-bond acceptors (Lipinski definition) is 3. The van der Waals surface area contributed by atoms with Crippen LogP contribution < -0.4 is 0 Å². The lowest BCUT2D eigenvalue weighted by Crippen LogP contribution is -2.36. The first-order valence-electron chi connectivity index (χ1n) is 11.9. The second-order valence-corrected chi connectivity index (χ2v) is 9.27. The SMILES string of the molecule is C#C.CC/C=C(\C=C(C)C)c1[nH]c2ccc(C3CCN(CC(=N)N=N)CC3)cc2c1C(C)C. The van der Waals surface area contributed by atoms with Crippen molar-refractivity contribution in [1.29, 1.82) is 10.9 Å². The highest BCUT2D eigenvalue weighted by molar-refractivity contribution is 5.92. The van der Waals surface area contributed by atoms with Crippen molar-refractivity contribution in [1.82, 2.24) is 9.88 Å². The number of likely N-dealkylation sites (tertiary alicyclic amines) is 1. The molecular weight excluding hydrogens is 406 g/mol. The Morgan fingerprint density at radius 3 is 2.45 bits per heavy atom. The number of benzene rings is 1. The summed E-state index contributed by atoms with van der Waals surface area (Å²) in [5.41, 5.74) is 14.9. The largest absolute Gasteiger partial charge is 0.354 e. The van der Waals surface area contributed by atoms with Crippen LogP contribution in [0.5, 0.6) is 0 Å². The fraction of sp³-hybridized carbons (Fsp3) is 0.464. The van der Waals surface area contributed by atoms with Crippen LogP contribution in [0.25, 0.3) is 16.5 Å². The normalized spacial score (nSPS) is 15.2. The predicted octanol–water partition coefficient (Wildman–Crippen LogP) is 7.49. The van der Waals surface area contributed by atoms with Gasteiger partial charge in [-0.15, -0.1) is 18.0 Å². The number of fused-ring (bicyclic) bond motifs is 1. The summed E-state index contributed by atoms with van der Waals surface area (Å²) >= 11 is 0. The summed E-state index contributed by atoms with van der Waals surface area (Å²) < 4.78 is 0. The standard InChI is InChI=1S/C26H37N5.C2H2/c1-6-7-21(14-17(2)3)26-25(18(4)5)22-15-20(8-9-23(22)29-26)19-10-12-31(13-11-19)16-24(27)30-28;1-2/h7-9,14-15,18-19,27-29H,6,10-13,16H2,1-5H3;1-2H/b21-7+,27-24?,30-28?;. The third kappa shape index (κ3) is 6.52. The van der Waals surface area contributed by atoms with E-state index in [-0.39, 0.29) is 5.84 Å². The summed E-state index contributed by atoms with van der Waals surface area (Å²) in [7, 11) is 0. The van der Waals surface area contributed by atoms with E-state index in [0.29, 0.717) is 18.4 Å². The molecular formula is C28H39N5. The van der Waals surface area contributed by atoms with Crippen molar-refractivity contribution in [3.05, 3.63) is 52.7 Å². The summed E-state index contributed by atoms with van der Waals surface area (Å²) in [6, 6.07) is 6.96. The van der Waals surface area contributed by atoms with Crippen molar-refractivity contribution < 1.29 is 0 Å². The minimum Gasteiger partial charge on any atom is -0.354 e. The smallest absolute Gasteiger partial charge is 0.156 e. The molecule has 3 rings (SSSR count). The molecule has 176 valence electrons. The molecule has 33 heavy (non-hydrogen) atoms. The Morgan fingerprint density at radius 1 is 1.24 bits per heavy atom. The number of H-pyrrole nitrogens is 1. The molecule has 0 amide bonds. The van der Waals surface area contributed by atoms with Crippen molar-refractivity contribution in [2.45, 2.75) is 65.7 Å². The van der Waals surface area contributed by atoms with Crippen LogP contribution in [0.1, 0.15) is 82.5 Å². The van der Waals surface area contributed by atoms with Crippen LogP contribution in [0.15, 0.2) is 41.0 Å². The highest BCUT2D eigenvalue weighted by Crippen LogP contribution is 2.37. The lowest BCUT2D eigenvalue weighted by molar-refractivity contribution is 0.238. The average Bonchev–Trinajstić information content (AvgIpc) is 3.19. The predicted molar refractivity (Wildman–Crippen MR) is 141 cm³/mol. The Kier molecular flexibility index (Phi) is 9.81. The minimum atomic E-state index is 0.147. The number of aromatic nitrogens is 1. The van der Waals surface area contributed by atoms with E-state index in [1.165, 1.54) is 38.9 Å². The van der Waals surface area contributed by atoms with Crippen LogP contribution in [-0.4, -0.2) is 35.4 Å². The number of aromatic amines is 1. The zero-order valence-corrected chi connectivity index (χ0v) is 20.8. The van der Waals surface area contributed by atoms with Gasteiger partial charge in [-0.05, 0) is 86.9 Å². The Labute approximate surface area is 199 Å². The van der Waals surface area contributed by atoms with Gasteiger partial charge in [-0.25, -0.2) is 5.53 Å². The number of amidine groups is 1. The summed E-state index contributed by atoms with van der Waals surface area (Å²) in [6.45, 7) is 13.5. The van der Waals surface area contributed by atoms with Gasteiger partial charge in [0.1, 0.15) is 0 Å². The number of nitrogens with zero attached hydrogens (tertiary/aromatic N) is 2. The second-order valence-electron chi connectivity index (χ2n) is 9.27. The van der Waals surface area contributed by atoms with Crippen LogP contribution in [0.2, 0.25) is 0 Å². The molecule has 0 saturated carbocycles. The maximum absolute atomic E-state index is 7.64. The zero-order valence-electron chi connectivity index (χ0n) is 20.8. The molecule has 2 heterocycles. The molecule has 0 atom stereocenters. The van der Waals surface area contributed by atoms with E-state index in [4.69, 9.17) is 10.9 Å². The Morgan fingerprint density at radius 2 is 1.91 bits per heavy atom. The molecule has 1 aliphatic heterocycles. The van der Waals surface area contributed by atoms with E-state index in [9.17, 15) is 0 Å². The van der Waals surface area contributed by atoms with Gasteiger partial charge < -0.3 is 4.98 Å². The van der Waals surface area contributed by atoms with E-state index in [1.807, 2.05) is 0 Å². The Hall–Kier alpha value is -2.97. The molecule has 1 fully saturated rings. The monoisotopic (exact) mass is 445 g/mol. The number of piperidine rings is 1. The van der Waals surface area contributed by atoms with Crippen LogP contribution >= 0.6 is 0 Å². The van der Waals surface area contributed by atoms with Gasteiger partial charge >= 0.3 is 0 Å². The molecule has 1 aromatic carbocycles. The van der Waals surface area contributed by atoms with Gasteiger partial charge in [0.15, 0.2) is 5.84 Å². The highest BCUT2D eigenvalue weighted by atomic mass is 15.2. The first-order valence-corrected chi connectivity index (χ1v) is 11.9. The summed E-state index contributed by atoms with van der Waals surface area (Å²) in [5.74, 6) is 1.13. The average molecular weight is 446 g/mol. The summed E-state index contributed by atoms with van der Waals surface area (Å²) in [6.07, 6.45) is 15.8. The third-order valence-electron chi connectivity index (χ3n) is 6.16. The van der Waals surface area contributed by atoms with Gasteiger partial charge in [-0.3, -0.25) is 10.3 Å². The summed E-state index contributed by atoms with van der Waals surface area (Å²) in [4.78, 5) is 5.97. The quantitative estimate of drug-likeness (QED) is 0.133. The second kappa shape index (κ2) is 12.3. The number of hydrogen-bond donors (Lipinski definition) is 3. The minimum absolute atomic E-state index is 0.147. The number of rotatable bonds is 7. The van der Waals surface area contributed by atoms with Gasteiger partial charge in [0.25, 0.3) is 0 Å². The van der Waals surface area contributed by atoms with Gasteiger partial charge in [-0.1, -0.05) is 44.6 Å². The third-order valence-corrected chi connectivity index (χ3v) is 6.16. The van der Waals surface area contributed by atoms with Crippen molar-refractivity contribution >= 4 is 22.3 Å². The molecule has 0 bridgehead atoms. The van der Waals surface area contributed by atoms with Crippen molar-refractivity contribution in [2.75, 3.05) is 19.6 Å². The molecule has 1 aliphatic rings. The van der Waals surface area contributed by atoms with Crippen LogP contribution in [0.4, 0.5) is 0 Å². The Balaban J connectivity index is 0.00000187. The topological polar surface area (TPSA) is 79.1 Å². The lowest BCUT2D eigenvalue weighted by atomic mass is 9.87. The van der Waals surface area contributed by atoms with Crippen molar-refractivity contribution in [3.63, 3.8) is 0 Å². The maximum atomic E-state index is 7.64. The molecule has 2 aromatic rings. The van der Waals surface area contributed by atoms with Crippen LogP contribution in [0.3, 0.4) is 0 Å². The van der Waals surface area contributed by atoms with Crippen molar-refractivity contribution in [3.8, 4) is 12.8 Å². The van der Waals surface area contributed by atoms with Gasteiger partial charge in [-0.2, -0.15) is 0 Å². The molecule has 1 aromatic heterocycles.